The molecule has 3 nitrogen and oxygen atoms in total. The third-order valence-corrected chi connectivity index (χ3v) is 6.55. The van der Waals surface area contributed by atoms with Crippen molar-refractivity contribution in [1.82, 2.24) is 9.97 Å². The lowest BCUT2D eigenvalue weighted by molar-refractivity contribution is 0.419. The lowest BCUT2D eigenvalue weighted by atomic mass is 9.90. The van der Waals surface area contributed by atoms with Gasteiger partial charge in [-0.25, -0.2) is 4.39 Å². The van der Waals surface area contributed by atoms with E-state index in [2.05, 4.69) is 57.8 Å². The van der Waals surface area contributed by atoms with Gasteiger partial charge in [-0.3, -0.25) is 9.97 Å². The van der Waals surface area contributed by atoms with Gasteiger partial charge in [0.25, 0.3) is 0 Å². The number of halogens is 1. The second kappa shape index (κ2) is 9.46. The standard InChI is InChI=1S/C29H33FN2O/c1-7-19-10-22-25(28(13-19)33-6)16-32-27(29(22)18(4)5)9-8-20-11-21-23(17(2)3)14-31-15-24(21)26(30)12-20/h10-18H,7-9H2,1-6H3. The molecule has 0 fully saturated rings. The van der Waals surface area contributed by atoms with Gasteiger partial charge in [0, 0.05) is 35.1 Å². The SMILES string of the molecule is CCc1cc(OC)c2cnc(CCc3cc(F)c4cncc(C(C)C)c4c3)c(C(C)C)c2c1. The van der Waals surface area contributed by atoms with E-state index in [4.69, 9.17) is 9.72 Å². The Labute approximate surface area is 196 Å². The minimum Gasteiger partial charge on any atom is -0.496 e. The largest absolute Gasteiger partial charge is 0.496 e. The number of pyridine rings is 2. The Balaban J connectivity index is 1.76. The average Bonchev–Trinajstić information content (AvgIpc) is 2.80. The fourth-order valence-electron chi connectivity index (χ4n) is 4.80. The lowest BCUT2D eigenvalue weighted by Crippen LogP contribution is -2.05. The summed E-state index contributed by atoms with van der Waals surface area (Å²) in [6.45, 7) is 10.8. The normalized spacial score (nSPS) is 11.8. The highest BCUT2D eigenvalue weighted by atomic mass is 19.1. The van der Waals surface area contributed by atoms with Gasteiger partial charge in [-0.2, -0.15) is 0 Å². The zero-order chi connectivity index (χ0) is 23.7. The van der Waals surface area contributed by atoms with Crippen LogP contribution < -0.4 is 4.74 Å². The van der Waals surface area contributed by atoms with Gasteiger partial charge in [-0.05, 0) is 76.3 Å². The summed E-state index contributed by atoms with van der Waals surface area (Å²) in [5.74, 6) is 1.27. The first-order chi connectivity index (χ1) is 15.8. The van der Waals surface area contributed by atoms with Crippen LogP contribution in [0.4, 0.5) is 4.39 Å². The van der Waals surface area contributed by atoms with Crippen LogP contribution in [0.15, 0.2) is 42.9 Å². The molecule has 33 heavy (non-hydrogen) atoms. The van der Waals surface area contributed by atoms with E-state index >= 15 is 0 Å². The van der Waals surface area contributed by atoms with Gasteiger partial charge in [0.1, 0.15) is 11.6 Å². The van der Waals surface area contributed by atoms with Gasteiger partial charge in [-0.15, -0.1) is 0 Å². The molecular weight excluding hydrogens is 411 g/mol. The minimum absolute atomic E-state index is 0.203. The number of rotatable bonds is 7. The van der Waals surface area contributed by atoms with E-state index in [1.165, 1.54) is 16.5 Å². The van der Waals surface area contributed by atoms with E-state index in [1.807, 2.05) is 12.4 Å². The second-order valence-corrected chi connectivity index (χ2v) is 9.44. The van der Waals surface area contributed by atoms with E-state index in [9.17, 15) is 4.39 Å². The molecule has 0 N–H and O–H groups in total. The summed E-state index contributed by atoms with van der Waals surface area (Å²) >= 11 is 0. The van der Waals surface area contributed by atoms with E-state index in [-0.39, 0.29) is 11.7 Å². The molecule has 4 heteroatoms. The Hall–Kier alpha value is -3.01. The second-order valence-electron chi connectivity index (χ2n) is 9.44. The van der Waals surface area contributed by atoms with Crippen molar-refractivity contribution in [2.24, 2.45) is 0 Å². The molecule has 0 atom stereocenters. The van der Waals surface area contributed by atoms with Crippen molar-refractivity contribution in [2.75, 3.05) is 7.11 Å². The van der Waals surface area contributed by atoms with Gasteiger partial charge in [0.15, 0.2) is 0 Å². The summed E-state index contributed by atoms with van der Waals surface area (Å²) < 4.78 is 20.6. The first-order valence-corrected chi connectivity index (χ1v) is 11.9. The zero-order valence-electron chi connectivity index (χ0n) is 20.5. The number of benzene rings is 2. The summed E-state index contributed by atoms with van der Waals surface area (Å²) in [6.07, 6.45) is 7.85. The van der Waals surface area contributed by atoms with Crippen molar-refractivity contribution in [1.29, 1.82) is 0 Å². The molecule has 0 unspecified atom stereocenters. The van der Waals surface area contributed by atoms with Crippen LogP contribution in [0.2, 0.25) is 0 Å². The van der Waals surface area contributed by atoms with Gasteiger partial charge < -0.3 is 4.74 Å². The summed E-state index contributed by atoms with van der Waals surface area (Å²) in [4.78, 5) is 9.10. The van der Waals surface area contributed by atoms with Crippen molar-refractivity contribution >= 4 is 21.5 Å². The fraction of sp³-hybridized carbons (Fsp3) is 0.379. The summed E-state index contributed by atoms with van der Waals surface area (Å²) in [6, 6.07) is 8.16. The van der Waals surface area contributed by atoms with Crippen LogP contribution in [0.3, 0.4) is 0 Å². The third kappa shape index (κ3) is 4.44. The van der Waals surface area contributed by atoms with Crippen LogP contribution in [0.25, 0.3) is 21.5 Å². The molecule has 0 aliphatic heterocycles. The number of methoxy groups -OCH3 is 1. The Kier molecular flexibility index (Phi) is 6.64. The van der Waals surface area contributed by atoms with E-state index in [0.717, 1.165) is 52.6 Å². The molecule has 172 valence electrons. The summed E-state index contributed by atoms with van der Waals surface area (Å²) in [7, 11) is 1.71. The fourth-order valence-corrected chi connectivity index (χ4v) is 4.80. The maximum Gasteiger partial charge on any atom is 0.132 e. The molecule has 0 aliphatic rings. The predicted molar refractivity (Wildman–Crippen MR) is 135 cm³/mol. The molecule has 2 heterocycles. The molecule has 2 aromatic heterocycles. The number of aromatic nitrogens is 2. The molecule has 0 aliphatic carbocycles. The summed E-state index contributed by atoms with van der Waals surface area (Å²) in [5.41, 5.74) is 5.66. The molecule has 0 spiro atoms. The monoisotopic (exact) mass is 444 g/mol. The number of aryl methyl sites for hydroxylation is 3. The van der Waals surface area contributed by atoms with Crippen LogP contribution in [-0.2, 0) is 19.3 Å². The van der Waals surface area contributed by atoms with E-state index in [0.29, 0.717) is 11.3 Å². The van der Waals surface area contributed by atoms with E-state index in [1.54, 1.807) is 19.4 Å². The van der Waals surface area contributed by atoms with Gasteiger partial charge in [0.2, 0.25) is 0 Å². The Morgan fingerprint density at radius 2 is 1.58 bits per heavy atom. The van der Waals surface area contributed by atoms with Crippen molar-refractivity contribution < 1.29 is 9.13 Å². The number of fused-ring (bicyclic) bond motifs is 2. The summed E-state index contributed by atoms with van der Waals surface area (Å²) in [5, 5.41) is 3.82. The van der Waals surface area contributed by atoms with Crippen LogP contribution in [0, 0.1) is 5.82 Å². The number of hydrogen-bond acceptors (Lipinski definition) is 3. The van der Waals surface area contributed by atoms with Gasteiger partial charge >= 0.3 is 0 Å². The smallest absolute Gasteiger partial charge is 0.132 e. The highest BCUT2D eigenvalue weighted by Gasteiger charge is 2.17. The van der Waals surface area contributed by atoms with Crippen LogP contribution in [0.1, 0.15) is 74.4 Å². The number of hydrogen-bond donors (Lipinski definition) is 0. The van der Waals surface area contributed by atoms with Gasteiger partial charge in [0.05, 0.1) is 7.11 Å². The third-order valence-electron chi connectivity index (χ3n) is 6.55. The molecule has 0 radical (unpaired) electrons. The first-order valence-electron chi connectivity index (χ1n) is 11.9. The highest BCUT2D eigenvalue weighted by Crippen LogP contribution is 2.35. The highest BCUT2D eigenvalue weighted by molar-refractivity contribution is 5.92. The first kappa shape index (κ1) is 23.2. The molecule has 0 amide bonds. The quantitative estimate of drug-likeness (QED) is 0.296. The topological polar surface area (TPSA) is 35.0 Å². The molecule has 2 aromatic carbocycles. The Bertz CT molecular complexity index is 1310. The van der Waals surface area contributed by atoms with Crippen molar-refractivity contribution in [3.8, 4) is 5.75 Å². The molecule has 0 saturated carbocycles. The predicted octanol–water partition coefficient (Wildman–Crippen LogP) is 7.53. The minimum atomic E-state index is -0.203. The lowest BCUT2D eigenvalue weighted by Gasteiger charge is -2.18. The average molecular weight is 445 g/mol. The molecule has 4 aromatic rings. The zero-order valence-corrected chi connectivity index (χ0v) is 20.5. The van der Waals surface area contributed by atoms with E-state index < -0.39 is 0 Å². The molecular formula is C29H33FN2O. The van der Waals surface area contributed by atoms with Crippen LogP contribution >= 0.6 is 0 Å². The van der Waals surface area contributed by atoms with Crippen LogP contribution in [0.5, 0.6) is 5.75 Å². The molecule has 0 bridgehead atoms. The van der Waals surface area contributed by atoms with Crippen LogP contribution in [-0.4, -0.2) is 17.1 Å². The Morgan fingerprint density at radius 3 is 2.24 bits per heavy atom. The maximum absolute atomic E-state index is 14.9. The Morgan fingerprint density at radius 1 is 0.818 bits per heavy atom. The number of ether oxygens (including phenoxy) is 1. The molecule has 0 saturated heterocycles. The maximum atomic E-state index is 14.9. The molecule has 4 rings (SSSR count). The van der Waals surface area contributed by atoms with Crippen molar-refractivity contribution in [3.05, 3.63) is 76.6 Å². The van der Waals surface area contributed by atoms with Crippen molar-refractivity contribution in [2.45, 2.75) is 65.7 Å². The van der Waals surface area contributed by atoms with Gasteiger partial charge in [-0.1, -0.05) is 46.8 Å². The van der Waals surface area contributed by atoms with Crippen molar-refractivity contribution in [3.63, 3.8) is 0 Å². The number of nitrogens with zero attached hydrogens (tertiary/aromatic N) is 2.